The molecular weight excluding hydrogens is 326 g/mol. The number of nitrogens with zero attached hydrogens (tertiary/aromatic N) is 3. The fourth-order valence-corrected chi connectivity index (χ4v) is 3.08. The maximum Gasteiger partial charge on any atom is 0.291 e. The average molecular weight is 348 g/mol. The van der Waals surface area contributed by atoms with Gasteiger partial charge in [0.1, 0.15) is 5.82 Å². The van der Waals surface area contributed by atoms with E-state index in [1.807, 2.05) is 24.3 Å². The van der Waals surface area contributed by atoms with Gasteiger partial charge < -0.3 is 10.6 Å². The molecule has 1 amide bonds. The molecule has 1 atom stereocenters. The van der Waals surface area contributed by atoms with Crippen LogP contribution in [0, 0.1) is 0 Å². The van der Waals surface area contributed by atoms with Crippen molar-refractivity contribution in [3.05, 3.63) is 40.9 Å². The summed E-state index contributed by atoms with van der Waals surface area (Å²) in [5.41, 5.74) is 0.744. The highest BCUT2D eigenvalue weighted by atomic mass is 35.5. The van der Waals surface area contributed by atoms with Crippen LogP contribution in [-0.2, 0) is 6.42 Å². The quantitative estimate of drug-likeness (QED) is 0.871. The molecule has 0 saturated carbocycles. The lowest BCUT2D eigenvalue weighted by Gasteiger charge is -2.23. The second-order valence-corrected chi connectivity index (χ2v) is 6.39. The molecule has 0 aliphatic carbocycles. The summed E-state index contributed by atoms with van der Waals surface area (Å²) in [5.74, 6) is 0.716. The number of carbonyl (C=O) groups excluding carboxylic acids is 1. The van der Waals surface area contributed by atoms with E-state index in [1.54, 1.807) is 4.68 Å². The number of aromatic nitrogens is 3. The molecule has 1 saturated heterocycles. The minimum atomic E-state index is -0.230. The second-order valence-electron chi connectivity index (χ2n) is 5.98. The fourth-order valence-electron chi connectivity index (χ4n) is 2.87. The number of piperidine rings is 1. The van der Waals surface area contributed by atoms with Gasteiger partial charge in [-0.25, -0.2) is 9.67 Å². The predicted octanol–water partition coefficient (Wildman–Crippen LogP) is 2.36. The molecule has 0 unspecified atom stereocenters. The monoisotopic (exact) mass is 347 g/mol. The van der Waals surface area contributed by atoms with Gasteiger partial charge >= 0.3 is 0 Å². The zero-order valence-corrected chi connectivity index (χ0v) is 14.5. The summed E-state index contributed by atoms with van der Waals surface area (Å²) in [6.07, 6.45) is 3.69. The summed E-state index contributed by atoms with van der Waals surface area (Å²) in [5, 5.41) is 11.3. The molecule has 128 valence electrons. The van der Waals surface area contributed by atoms with Crippen LogP contribution >= 0.6 is 11.6 Å². The molecule has 0 bridgehead atoms. The number of hydrogen-bond acceptors (Lipinski definition) is 4. The molecule has 1 aromatic carbocycles. The largest absolute Gasteiger partial charge is 0.345 e. The number of rotatable bonds is 5. The molecule has 1 aliphatic heterocycles. The summed E-state index contributed by atoms with van der Waals surface area (Å²) in [6, 6.07) is 7.58. The van der Waals surface area contributed by atoms with E-state index in [0.29, 0.717) is 5.02 Å². The van der Waals surface area contributed by atoms with E-state index in [4.69, 9.17) is 11.6 Å². The summed E-state index contributed by atoms with van der Waals surface area (Å²) < 4.78 is 1.68. The molecule has 7 heteroatoms. The van der Waals surface area contributed by atoms with Gasteiger partial charge in [0.25, 0.3) is 5.91 Å². The summed E-state index contributed by atoms with van der Waals surface area (Å²) >= 11 is 6.28. The highest BCUT2D eigenvalue weighted by Gasteiger charge is 2.21. The van der Waals surface area contributed by atoms with E-state index in [0.717, 1.165) is 50.3 Å². The lowest BCUT2D eigenvalue weighted by Crippen LogP contribution is -2.45. The number of hydrogen-bond donors (Lipinski definition) is 2. The Bertz CT molecular complexity index is 709. The topological polar surface area (TPSA) is 71.8 Å². The number of carbonyl (C=O) groups is 1. The van der Waals surface area contributed by atoms with Crippen LogP contribution in [0.4, 0.5) is 0 Å². The van der Waals surface area contributed by atoms with Crippen molar-refractivity contribution in [1.82, 2.24) is 25.4 Å². The Labute approximate surface area is 146 Å². The molecule has 0 radical (unpaired) electrons. The van der Waals surface area contributed by atoms with Crippen LogP contribution in [-0.4, -0.2) is 39.8 Å². The third-order valence-electron chi connectivity index (χ3n) is 4.06. The van der Waals surface area contributed by atoms with E-state index in [2.05, 4.69) is 27.6 Å². The number of aryl methyl sites for hydroxylation is 1. The molecule has 1 aliphatic rings. The van der Waals surface area contributed by atoms with Gasteiger partial charge in [-0.1, -0.05) is 30.7 Å². The number of amides is 1. The molecule has 6 nitrogen and oxygen atoms in total. The molecule has 2 N–H and O–H groups in total. The minimum absolute atomic E-state index is 0.133. The van der Waals surface area contributed by atoms with Crippen molar-refractivity contribution in [2.75, 3.05) is 13.1 Å². The van der Waals surface area contributed by atoms with Gasteiger partial charge in [0, 0.05) is 19.0 Å². The van der Waals surface area contributed by atoms with Gasteiger partial charge in [-0.3, -0.25) is 4.79 Å². The Hall–Kier alpha value is -1.92. The van der Waals surface area contributed by atoms with Gasteiger partial charge in [-0.2, -0.15) is 0 Å². The first kappa shape index (κ1) is 16.9. The zero-order valence-electron chi connectivity index (χ0n) is 13.8. The maximum atomic E-state index is 12.5. The van der Waals surface area contributed by atoms with Gasteiger partial charge in [-0.15, -0.1) is 5.10 Å². The lowest BCUT2D eigenvalue weighted by molar-refractivity contribution is 0.0920. The van der Waals surface area contributed by atoms with Crippen LogP contribution in [0.5, 0.6) is 0 Å². The highest BCUT2D eigenvalue weighted by molar-refractivity contribution is 6.32. The molecular formula is C17H22ClN5O. The Kier molecular flexibility index (Phi) is 5.48. The van der Waals surface area contributed by atoms with E-state index in [-0.39, 0.29) is 17.8 Å². The highest BCUT2D eigenvalue weighted by Crippen LogP contribution is 2.21. The van der Waals surface area contributed by atoms with Crippen LogP contribution in [0.25, 0.3) is 5.69 Å². The van der Waals surface area contributed by atoms with Crippen LogP contribution < -0.4 is 10.6 Å². The number of nitrogens with one attached hydrogen (secondary N) is 2. The second kappa shape index (κ2) is 7.77. The lowest BCUT2D eigenvalue weighted by atomic mass is 10.1. The fraction of sp³-hybridized carbons (Fsp3) is 0.471. The first-order valence-electron chi connectivity index (χ1n) is 8.41. The molecule has 0 spiro atoms. The van der Waals surface area contributed by atoms with Crippen LogP contribution in [0.3, 0.4) is 0 Å². The molecule has 2 heterocycles. The zero-order chi connectivity index (χ0) is 16.9. The van der Waals surface area contributed by atoms with Crippen molar-refractivity contribution >= 4 is 17.5 Å². The molecule has 2 aromatic rings. The van der Waals surface area contributed by atoms with Crippen molar-refractivity contribution in [3.63, 3.8) is 0 Å². The molecule has 3 rings (SSSR count). The third kappa shape index (κ3) is 3.76. The van der Waals surface area contributed by atoms with Crippen molar-refractivity contribution in [1.29, 1.82) is 0 Å². The van der Waals surface area contributed by atoms with E-state index in [1.165, 1.54) is 0 Å². The van der Waals surface area contributed by atoms with Gasteiger partial charge in [-0.05, 0) is 37.9 Å². The van der Waals surface area contributed by atoms with Crippen molar-refractivity contribution < 1.29 is 4.79 Å². The van der Waals surface area contributed by atoms with Crippen LogP contribution in [0.15, 0.2) is 24.3 Å². The van der Waals surface area contributed by atoms with E-state index >= 15 is 0 Å². The van der Waals surface area contributed by atoms with Crippen molar-refractivity contribution in [3.8, 4) is 5.69 Å². The Morgan fingerprint density at radius 2 is 2.29 bits per heavy atom. The summed E-state index contributed by atoms with van der Waals surface area (Å²) in [4.78, 5) is 16.9. The summed E-state index contributed by atoms with van der Waals surface area (Å²) in [6.45, 7) is 3.87. The minimum Gasteiger partial charge on any atom is -0.345 e. The smallest absolute Gasteiger partial charge is 0.291 e. The standard InChI is InChI=1S/C17H22ClN5O/c1-2-6-15-21-16(17(24)20-12-7-5-10-19-11-12)22-23(15)14-9-4-3-8-13(14)18/h3-4,8-9,12,19H,2,5-7,10-11H2,1H3,(H,20,24)/t12-/m0/s1. The average Bonchev–Trinajstić information content (AvgIpc) is 3.00. The summed E-state index contributed by atoms with van der Waals surface area (Å²) in [7, 11) is 0. The third-order valence-corrected chi connectivity index (χ3v) is 4.38. The molecule has 24 heavy (non-hydrogen) atoms. The maximum absolute atomic E-state index is 12.5. The number of benzene rings is 1. The van der Waals surface area contributed by atoms with Crippen LogP contribution in [0.1, 0.15) is 42.6 Å². The first-order chi connectivity index (χ1) is 11.7. The normalized spacial score (nSPS) is 17.7. The van der Waals surface area contributed by atoms with E-state index < -0.39 is 0 Å². The van der Waals surface area contributed by atoms with Gasteiger partial charge in [0.05, 0.1) is 10.7 Å². The first-order valence-corrected chi connectivity index (χ1v) is 8.79. The Morgan fingerprint density at radius 3 is 3.00 bits per heavy atom. The molecule has 1 aromatic heterocycles. The van der Waals surface area contributed by atoms with Gasteiger partial charge in [0.15, 0.2) is 0 Å². The van der Waals surface area contributed by atoms with Crippen LogP contribution in [0.2, 0.25) is 5.02 Å². The number of halogens is 1. The van der Waals surface area contributed by atoms with Crippen molar-refractivity contribution in [2.45, 2.75) is 38.6 Å². The molecule has 1 fully saturated rings. The Balaban J connectivity index is 1.85. The predicted molar refractivity (Wildman–Crippen MR) is 93.7 cm³/mol. The SMILES string of the molecule is CCCc1nc(C(=O)N[C@H]2CCCNC2)nn1-c1ccccc1Cl. The van der Waals surface area contributed by atoms with Gasteiger partial charge in [0.2, 0.25) is 5.82 Å². The number of para-hydroxylation sites is 1. The van der Waals surface area contributed by atoms with Crippen molar-refractivity contribution in [2.24, 2.45) is 0 Å². The Morgan fingerprint density at radius 1 is 1.46 bits per heavy atom. The van der Waals surface area contributed by atoms with E-state index in [9.17, 15) is 4.79 Å².